The van der Waals surface area contributed by atoms with E-state index in [9.17, 15) is 13.5 Å². The summed E-state index contributed by atoms with van der Waals surface area (Å²) < 4.78 is 29.9. The van der Waals surface area contributed by atoms with Crippen molar-refractivity contribution in [3.05, 3.63) is 118 Å². The van der Waals surface area contributed by atoms with Gasteiger partial charge in [0.25, 0.3) is 0 Å². The molecule has 206 valence electrons. The number of unbranched alkanes of at least 4 members (excludes halogenated alkanes) is 2. The quantitative estimate of drug-likeness (QED) is 0.195. The van der Waals surface area contributed by atoms with Gasteiger partial charge in [-0.15, -0.1) is 0 Å². The molecular formula is C30H28Cl2N4O3S. The highest BCUT2D eigenvalue weighted by atomic mass is 35.5. The lowest BCUT2D eigenvalue weighted by atomic mass is 10.1. The summed E-state index contributed by atoms with van der Waals surface area (Å²) in [7, 11) is -3.93. The summed E-state index contributed by atoms with van der Waals surface area (Å²) in [5, 5.41) is 10.8. The van der Waals surface area contributed by atoms with E-state index in [-0.39, 0.29) is 0 Å². The molecule has 1 aromatic heterocycles. The second-order valence-electron chi connectivity index (χ2n) is 9.44. The van der Waals surface area contributed by atoms with Crippen LogP contribution in [0.25, 0.3) is 23.0 Å². The van der Waals surface area contributed by atoms with Crippen molar-refractivity contribution >= 4 is 45.2 Å². The first kappa shape index (κ1) is 27.8. The number of imidazole rings is 1. The highest BCUT2D eigenvalue weighted by molar-refractivity contribution is 7.91. The van der Waals surface area contributed by atoms with Gasteiger partial charge in [0.15, 0.2) is 0 Å². The molecule has 0 atom stereocenters. The van der Waals surface area contributed by atoms with Crippen LogP contribution in [0.5, 0.6) is 0 Å². The molecule has 0 fully saturated rings. The molecule has 3 aromatic carbocycles. The van der Waals surface area contributed by atoms with Gasteiger partial charge < -0.3 is 9.67 Å². The van der Waals surface area contributed by atoms with Gasteiger partial charge in [0.2, 0.25) is 5.88 Å². The van der Waals surface area contributed by atoms with E-state index in [1.807, 2.05) is 22.9 Å². The van der Waals surface area contributed by atoms with Crippen LogP contribution in [0.4, 0.5) is 5.69 Å². The minimum absolute atomic E-state index is 0.360. The Morgan fingerprint density at radius 3 is 2.50 bits per heavy atom. The smallest absolute Gasteiger partial charge is 0.330 e. The number of halogens is 2. The number of benzene rings is 3. The van der Waals surface area contributed by atoms with Crippen LogP contribution in [-0.2, 0) is 16.6 Å². The number of allylic oxidation sites excluding steroid dienone is 1. The fourth-order valence-electron chi connectivity index (χ4n) is 4.45. The SMILES string of the molecule is CCCCC=Cc1ccc(Cc2nc(-c3ccc(Cl)cc3Cl)cn2-c2cccc(N3C=C(O)NS3(=O)=O)c2)cc1. The van der Waals surface area contributed by atoms with Crippen LogP contribution in [0.1, 0.15) is 43.1 Å². The molecule has 7 nitrogen and oxygen atoms in total. The maximum Gasteiger partial charge on any atom is 0.330 e. The van der Waals surface area contributed by atoms with Crippen LogP contribution in [0.2, 0.25) is 10.0 Å². The Kier molecular flexibility index (Phi) is 8.21. The lowest BCUT2D eigenvalue weighted by Crippen LogP contribution is -2.29. The monoisotopic (exact) mass is 594 g/mol. The molecular weight excluding hydrogens is 567 g/mol. The summed E-state index contributed by atoms with van der Waals surface area (Å²) in [5.74, 6) is 0.294. The number of rotatable bonds is 9. The van der Waals surface area contributed by atoms with Crippen LogP contribution in [0.3, 0.4) is 0 Å². The van der Waals surface area contributed by atoms with Gasteiger partial charge in [0.05, 0.1) is 22.6 Å². The van der Waals surface area contributed by atoms with Crippen molar-refractivity contribution in [1.82, 2.24) is 14.3 Å². The molecule has 1 aliphatic rings. The number of hydrogen-bond donors (Lipinski definition) is 2. The lowest BCUT2D eigenvalue weighted by molar-refractivity contribution is 0.392. The third-order valence-corrected chi connectivity index (χ3v) is 8.31. The molecule has 0 aliphatic carbocycles. The molecule has 0 bridgehead atoms. The number of hydrogen-bond acceptors (Lipinski definition) is 4. The largest absolute Gasteiger partial charge is 0.493 e. The Morgan fingerprint density at radius 2 is 1.80 bits per heavy atom. The summed E-state index contributed by atoms with van der Waals surface area (Å²) >= 11 is 12.6. The summed E-state index contributed by atoms with van der Waals surface area (Å²) in [6.07, 6.45) is 11.3. The Balaban J connectivity index is 1.52. The van der Waals surface area contributed by atoms with E-state index < -0.39 is 16.1 Å². The maximum absolute atomic E-state index is 12.5. The molecule has 2 heterocycles. The Bertz CT molecular complexity index is 1700. The first-order valence-electron chi connectivity index (χ1n) is 12.9. The molecule has 0 amide bonds. The molecule has 10 heteroatoms. The Hall–Kier alpha value is -3.72. The zero-order valence-corrected chi connectivity index (χ0v) is 24.1. The van der Waals surface area contributed by atoms with Crippen molar-refractivity contribution in [2.75, 3.05) is 4.31 Å². The van der Waals surface area contributed by atoms with Gasteiger partial charge >= 0.3 is 10.2 Å². The van der Waals surface area contributed by atoms with Crippen molar-refractivity contribution in [3.8, 4) is 16.9 Å². The zero-order valence-electron chi connectivity index (χ0n) is 21.8. The Labute approximate surface area is 244 Å². The molecule has 4 aromatic rings. The standard InChI is InChI=1S/C30H28Cl2N4O3S/c1-2-3-4-5-7-21-10-12-22(13-11-21)16-29-33-28(26-15-14-23(31)17-27(26)32)19-35(29)24-8-6-9-25(18-24)36-20-30(37)34-40(36,38)39/h5-15,17-20,34,37H,2-4,16H2,1H3. The molecule has 0 saturated heterocycles. The maximum atomic E-state index is 12.5. The van der Waals surface area contributed by atoms with Gasteiger partial charge in [0, 0.05) is 28.9 Å². The van der Waals surface area contributed by atoms with E-state index >= 15 is 0 Å². The third-order valence-electron chi connectivity index (χ3n) is 6.46. The van der Waals surface area contributed by atoms with E-state index in [0.717, 1.165) is 39.4 Å². The molecule has 0 unspecified atom stereocenters. The van der Waals surface area contributed by atoms with Crippen molar-refractivity contribution < 1.29 is 13.5 Å². The summed E-state index contributed by atoms with van der Waals surface area (Å²) in [4.78, 5) is 4.93. The fraction of sp³-hybridized carbons (Fsp3) is 0.167. The molecule has 40 heavy (non-hydrogen) atoms. The summed E-state index contributed by atoms with van der Waals surface area (Å²) in [6.45, 7) is 2.18. The molecule has 0 spiro atoms. The van der Waals surface area contributed by atoms with Crippen molar-refractivity contribution in [2.45, 2.75) is 32.6 Å². The average Bonchev–Trinajstić information content (AvgIpc) is 3.46. The molecule has 0 saturated carbocycles. The highest BCUT2D eigenvalue weighted by Gasteiger charge is 2.29. The van der Waals surface area contributed by atoms with Gasteiger partial charge in [-0.3, -0.25) is 0 Å². The lowest BCUT2D eigenvalue weighted by Gasteiger charge is -2.16. The van der Waals surface area contributed by atoms with Gasteiger partial charge in [0.1, 0.15) is 5.82 Å². The van der Waals surface area contributed by atoms with Gasteiger partial charge in [-0.2, -0.15) is 8.42 Å². The number of nitrogens with one attached hydrogen (secondary N) is 1. The molecule has 1 aliphatic heterocycles. The van der Waals surface area contributed by atoms with Crippen molar-refractivity contribution in [3.63, 3.8) is 0 Å². The zero-order chi connectivity index (χ0) is 28.3. The predicted molar refractivity (Wildman–Crippen MR) is 162 cm³/mol. The topological polar surface area (TPSA) is 87.5 Å². The van der Waals surface area contributed by atoms with Gasteiger partial charge in [-0.1, -0.05) is 85.5 Å². The number of aromatic nitrogens is 2. The minimum Gasteiger partial charge on any atom is -0.493 e. The van der Waals surface area contributed by atoms with Crippen molar-refractivity contribution in [2.24, 2.45) is 0 Å². The minimum atomic E-state index is -3.93. The fourth-order valence-corrected chi connectivity index (χ4v) is 6.00. The number of anilines is 1. The van der Waals surface area contributed by atoms with Crippen molar-refractivity contribution in [1.29, 1.82) is 0 Å². The molecule has 0 radical (unpaired) electrons. The normalized spacial score (nSPS) is 14.5. The Morgan fingerprint density at radius 1 is 1.02 bits per heavy atom. The summed E-state index contributed by atoms with van der Waals surface area (Å²) in [6, 6.07) is 20.6. The number of aliphatic hydroxyl groups is 1. The summed E-state index contributed by atoms with van der Waals surface area (Å²) in [5.41, 5.74) is 4.66. The van der Waals surface area contributed by atoms with E-state index in [1.165, 1.54) is 12.8 Å². The molecule has 2 N–H and O–H groups in total. The average molecular weight is 596 g/mol. The van der Waals surface area contributed by atoms with Gasteiger partial charge in [-0.05, 0) is 53.9 Å². The predicted octanol–water partition coefficient (Wildman–Crippen LogP) is 7.65. The first-order valence-corrected chi connectivity index (χ1v) is 15.1. The molecule has 5 rings (SSSR count). The van der Waals surface area contributed by atoms with Crippen LogP contribution < -0.4 is 9.03 Å². The van der Waals surface area contributed by atoms with E-state index in [1.54, 1.807) is 30.3 Å². The number of nitrogens with zero attached hydrogens (tertiary/aromatic N) is 3. The number of aliphatic hydroxyl groups excluding tert-OH is 1. The third kappa shape index (κ3) is 6.20. The van der Waals surface area contributed by atoms with E-state index in [0.29, 0.717) is 33.5 Å². The second-order valence-corrected chi connectivity index (χ2v) is 11.8. The van der Waals surface area contributed by atoms with Crippen LogP contribution in [-0.4, -0.2) is 23.1 Å². The van der Waals surface area contributed by atoms with E-state index in [4.69, 9.17) is 28.2 Å². The first-order chi connectivity index (χ1) is 19.2. The highest BCUT2D eigenvalue weighted by Crippen LogP contribution is 2.32. The van der Waals surface area contributed by atoms with Crippen LogP contribution in [0.15, 0.2) is 91.1 Å². The van der Waals surface area contributed by atoms with Crippen LogP contribution >= 0.6 is 23.2 Å². The van der Waals surface area contributed by atoms with Crippen LogP contribution in [0, 0.1) is 0 Å². The van der Waals surface area contributed by atoms with Gasteiger partial charge in [-0.25, -0.2) is 14.0 Å². The second kappa shape index (κ2) is 11.8. The van der Waals surface area contributed by atoms with E-state index in [2.05, 4.69) is 48.1 Å².